The van der Waals surface area contributed by atoms with Gasteiger partial charge in [0.1, 0.15) is 6.04 Å². The Kier molecular flexibility index (Phi) is 4.00. The summed E-state index contributed by atoms with van der Waals surface area (Å²) in [5.74, 6) is 0.397. The number of aryl methyl sites for hydroxylation is 1. The van der Waals surface area contributed by atoms with Crippen LogP contribution in [0.5, 0.6) is 0 Å². The number of nitriles is 1. The van der Waals surface area contributed by atoms with E-state index in [4.69, 9.17) is 4.74 Å². The molecule has 3 heteroatoms. The molecule has 1 N–H and O–H groups in total. The van der Waals surface area contributed by atoms with E-state index in [2.05, 4.69) is 24.4 Å². The number of para-hydroxylation sites is 1. The van der Waals surface area contributed by atoms with Crippen molar-refractivity contribution in [1.82, 2.24) is 0 Å². The van der Waals surface area contributed by atoms with Gasteiger partial charge in [-0.05, 0) is 37.3 Å². The van der Waals surface area contributed by atoms with Crippen LogP contribution >= 0.6 is 0 Å². The molecule has 3 nitrogen and oxygen atoms in total. The predicted molar refractivity (Wildman–Crippen MR) is 67.7 cm³/mol. The number of hydrogen-bond acceptors (Lipinski definition) is 3. The third-order valence-corrected chi connectivity index (χ3v) is 3.33. The lowest BCUT2D eigenvalue weighted by atomic mass is 9.92. The standard InChI is InChI=1S/C14H18N2O/c1-11-4-2-3-5-13(11)16-14(10-15)12-6-8-17-9-7-12/h2-5,12,14,16H,6-9H2,1H3. The molecule has 1 heterocycles. The molecule has 0 amide bonds. The Balaban J connectivity index is 2.05. The molecule has 1 aromatic carbocycles. The van der Waals surface area contributed by atoms with Gasteiger partial charge in [0.15, 0.2) is 0 Å². The molecular formula is C14H18N2O. The normalized spacial score (nSPS) is 18.4. The average Bonchev–Trinajstić information content (AvgIpc) is 2.39. The third kappa shape index (κ3) is 2.98. The maximum absolute atomic E-state index is 9.28. The van der Waals surface area contributed by atoms with Gasteiger partial charge in [-0.25, -0.2) is 0 Å². The Morgan fingerprint density at radius 2 is 2.06 bits per heavy atom. The van der Waals surface area contributed by atoms with Gasteiger partial charge in [0.25, 0.3) is 0 Å². The summed E-state index contributed by atoms with van der Waals surface area (Å²) in [6, 6.07) is 10.4. The molecule has 90 valence electrons. The number of rotatable bonds is 3. The average molecular weight is 230 g/mol. The quantitative estimate of drug-likeness (QED) is 0.868. The molecule has 0 aliphatic carbocycles. The minimum absolute atomic E-state index is 0.111. The van der Waals surface area contributed by atoms with E-state index >= 15 is 0 Å². The second kappa shape index (κ2) is 5.70. The molecule has 0 spiro atoms. The molecule has 1 saturated heterocycles. The van der Waals surface area contributed by atoms with E-state index in [0.29, 0.717) is 5.92 Å². The first-order valence-corrected chi connectivity index (χ1v) is 6.11. The molecule has 2 rings (SSSR count). The fourth-order valence-electron chi connectivity index (χ4n) is 2.21. The lowest BCUT2D eigenvalue weighted by molar-refractivity contribution is 0.0651. The first kappa shape index (κ1) is 11.9. The van der Waals surface area contributed by atoms with Crippen molar-refractivity contribution in [2.24, 2.45) is 5.92 Å². The largest absolute Gasteiger partial charge is 0.381 e. The molecule has 1 aromatic rings. The Labute approximate surface area is 102 Å². The SMILES string of the molecule is Cc1ccccc1NC(C#N)C1CCOCC1. The van der Waals surface area contributed by atoms with Crippen LogP contribution in [-0.4, -0.2) is 19.3 Å². The highest BCUT2D eigenvalue weighted by Crippen LogP contribution is 2.23. The lowest BCUT2D eigenvalue weighted by Gasteiger charge is -2.27. The smallest absolute Gasteiger partial charge is 0.117 e. The lowest BCUT2D eigenvalue weighted by Crippen LogP contribution is -2.32. The number of hydrogen-bond donors (Lipinski definition) is 1. The highest BCUT2D eigenvalue weighted by molar-refractivity contribution is 5.52. The van der Waals surface area contributed by atoms with Crippen LogP contribution in [0.3, 0.4) is 0 Å². The number of anilines is 1. The molecule has 1 aliphatic rings. The van der Waals surface area contributed by atoms with Gasteiger partial charge in [-0.1, -0.05) is 18.2 Å². The van der Waals surface area contributed by atoms with Crippen LogP contribution in [0.15, 0.2) is 24.3 Å². The highest BCUT2D eigenvalue weighted by Gasteiger charge is 2.23. The van der Waals surface area contributed by atoms with Gasteiger partial charge in [-0.3, -0.25) is 0 Å². The minimum Gasteiger partial charge on any atom is -0.381 e. The topological polar surface area (TPSA) is 45.0 Å². The van der Waals surface area contributed by atoms with E-state index in [1.54, 1.807) is 0 Å². The summed E-state index contributed by atoms with van der Waals surface area (Å²) in [4.78, 5) is 0. The van der Waals surface area contributed by atoms with E-state index in [1.807, 2.05) is 18.2 Å². The van der Waals surface area contributed by atoms with Crippen LogP contribution < -0.4 is 5.32 Å². The van der Waals surface area contributed by atoms with Gasteiger partial charge in [0, 0.05) is 18.9 Å². The zero-order chi connectivity index (χ0) is 12.1. The summed E-state index contributed by atoms with van der Waals surface area (Å²) >= 11 is 0. The van der Waals surface area contributed by atoms with E-state index in [9.17, 15) is 5.26 Å². The predicted octanol–water partition coefficient (Wildman–Crippen LogP) is 2.73. The van der Waals surface area contributed by atoms with Crippen molar-refractivity contribution in [3.63, 3.8) is 0 Å². The van der Waals surface area contributed by atoms with Gasteiger partial charge in [0.05, 0.1) is 6.07 Å². The molecule has 1 unspecified atom stereocenters. The number of ether oxygens (including phenoxy) is 1. The monoisotopic (exact) mass is 230 g/mol. The van der Waals surface area contributed by atoms with Gasteiger partial charge < -0.3 is 10.1 Å². The van der Waals surface area contributed by atoms with E-state index in [0.717, 1.165) is 31.7 Å². The Bertz CT molecular complexity index is 405. The van der Waals surface area contributed by atoms with Crippen molar-refractivity contribution in [2.75, 3.05) is 18.5 Å². The van der Waals surface area contributed by atoms with E-state index in [-0.39, 0.29) is 6.04 Å². The summed E-state index contributed by atoms with van der Waals surface area (Å²) in [5.41, 5.74) is 2.24. The van der Waals surface area contributed by atoms with Crippen molar-refractivity contribution in [3.05, 3.63) is 29.8 Å². The number of nitrogens with zero attached hydrogens (tertiary/aromatic N) is 1. The molecule has 0 aromatic heterocycles. The van der Waals surface area contributed by atoms with Crippen LogP contribution in [0.4, 0.5) is 5.69 Å². The van der Waals surface area contributed by atoms with Gasteiger partial charge in [-0.15, -0.1) is 0 Å². The van der Waals surface area contributed by atoms with Gasteiger partial charge in [0.2, 0.25) is 0 Å². The second-order valence-corrected chi connectivity index (χ2v) is 4.52. The second-order valence-electron chi connectivity index (χ2n) is 4.52. The van der Waals surface area contributed by atoms with Crippen LogP contribution in [0.1, 0.15) is 18.4 Å². The Morgan fingerprint density at radius 3 is 2.71 bits per heavy atom. The molecule has 0 radical (unpaired) electrons. The van der Waals surface area contributed by atoms with Gasteiger partial charge >= 0.3 is 0 Å². The molecule has 0 saturated carbocycles. The van der Waals surface area contributed by atoms with Crippen LogP contribution in [0.2, 0.25) is 0 Å². The van der Waals surface area contributed by atoms with Crippen molar-refractivity contribution in [1.29, 1.82) is 5.26 Å². The molecule has 17 heavy (non-hydrogen) atoms. The van der Waals surface area contributed by atoms with Crippen molar-refractivity contribution < 1.29 is 4.74 Å². The Hall–Kier alpha value is -1.53. The van der Waals surface area contributed by atoms with Crippen LogP contribution in [-0.2, 0) is 4.74 Å². The summed E-state index contributed by atoms with van der Waals surface area (Å²) in [6.45, 7) is 3.61. The van der Waals surface area contributed by atoms with Crippen molar-refractivity contribution in [3.8, 4) is 6.07 Å². The van der Waals surface area contributed by atoms with Crippen molar-refractivity contribution >= 4 is 5.69 Å². The van der Waals surface area contributed by atoms with Crippen LogP contribution in [0, 0.1) is 24.2 Å². The first-order chi connectivity index (χ1) is 8.31. The zero-order valence-electron chi connectivity index (χ0n) is 10.1. The number of benzene rings is 1. The third-order valence-electron chi connectivity index (χ3n) is 3.33. The summed E-state index contributed by atoms with van der Waals surface area (Å²) < 4.78 is 5.33. The van der Waals surface area contributed by atoms with E-state index < -0.39 is 0 Å². The minimum atomic E-state index is -0.111. The number of nitrogens with one attached hydrogen (secondary N) is 1. The molecular weight excluding hydrogens is 212 g/mol. The van der Waals surface area contributed by atoms with Crippen LogP contribution in [0.25, 0.3) is 0 Å². The molecule has 0 bridgehead atoms. The summed E-state index contributed by atoms with van der Waals surface area (Å²) in [6.07, 6.45) is 1.94. The Morgan fingerprint density at radius 1 is 1.35 bits per heavy atom. The zero-order valence-corrected chi connectivity index (χ0v) is 10.1. The maximum atomic E-state index is 9.28. The molecule has 1 fully saturated rings. The molecule has 1 atom stereocenters. The van der Waals surface area contributed by atoms with E-state index in [1.165, 1.54) is 5.56 Å². The molecule has 1 aliphatic heterocycles. The van der Waals surface area contributed by atoms with Crippen molar-refractivity contribution in [2.45, 2.75) is 25.8 Å². The fraction of sp³-hybridized carbons (Fsp3) is 0.500. The summed E-state index contributed by atoms with van der Waals surface area (Å²) in [7, 11) is 0. The maximum Gasteiger partial charge on any atom is 0.117 e. The summed E-state index contributed by atoms with van der Waals surface area (Å²) in [5, 5.41) is 12.6. The first-order valence-electron chi connectivity index (χ1n) is 6.11. The fourth-order valence-corrected chi connectivity index (χ4v) is 2.21. The van der Waals surface area contributed by atoms with Gasteiger partial charge in [-0.2, -0.15) is 5.26 Å². The highest BCUT2D eigenvalue weighted by atomic mass is 16.5.